The van der Waals surface area contributed by atoms with Crippen molar-refractivity contribution in [3.8, 4) is 0 Å². The number of aromatic carboxylic acids is 1. The molecule has 13 nitrogen and oxygen atoms in total. The summed E-state index contributed by atoms with van der Waals surface area (Å²) in [6.45, 7) is 6.41. The van der Waals surface area contributed by atoms with Gasteiger partial charge in [-0.1, -0.05) is 102 Å². The average molecular weight is 1060 g/mol. The second kappa shape index (κ2) is 26.4. The van der Waals surface area contributed by atoms with Crippen molar-refractivity contribution in [2.75, 3.05) is 19.8 Å². The summed E-state index contributed by atoms with van der Waals surface area (Å²) in [5.74, 6) is -2.04. The molecule has 0 amide bonds. The molecule has 0 aliphatic carbocycles. The molecule has 0 aliphatic rings. The van der Waals surface area contributed by atoms with Crippen LogP contribution in [0, 0.1) is 0 Å². The third-order valence-electron chi connectivity index (χ3n) is 8.82. The fraction of sp³-hybridized carbons (Fsp3) is 0.188. The zero-order valence-electron chi connectivity index (χ0n) is 35.2. The van der Waals surface area contributed by atoms with E-state index in [1.807, 2.05) is 79.0 Å². The van der Waals surface area contributed by atoms with Crippen LogP contribution in [0.5, 0.6) is 0 Å². The second-order valence-electron chi connectivity index (χ2n) is 13.4. The lowest BCUT2D eigenvalue weighted by Crippen LogP contribution is -2.05. The first-order chi connectivity index (χ1) is 30.8. The van der Waals surface area contributed by atoms with Crippen LogP contribution >= 0.6 is 47.8 Å². The molecule has 0 radical (unpaired) electrons. The maximum Gasteiger partial charge on any atom is 0.354 e. The third kappa shape index (κ3) is 16.2. The first-order valence-corrected chi connectivity index (χ1v) is 22.4. The van der Waals surface area contributed by atoms with Crippen LogP contribution in [0.2, 0.25) is 0 Å². The van der Waals surface area contributed by atoms with Gasteiger partial charge >= 0.3 is 23.9 Å². The smallest absolute Gasteiger partial charge is 0.354 e. The molecule has 4 aromatic heterocycles. The Morgan fingerprint density at radius 1 is 0.500 bits per heavy atom. The number of benzene rings is 3. The molecule has 0 bridgehead atoms. The van der Waals surface area contributed by atoms with Crippen molar-refractivity contribution in [3.63, 3.8) is 0 Å². The molecule has 5 N–H and O–H groups in total. The summed E-state index contributed by atoms with van der Waals surface area (Å²) in [6, 6.07) is 32.0. The summed E-state index contributed by atoms with van der Waals surface area (Å²) in [5.41, 5.74) is 7.25. The van der Waals surface area contributed by atoms with Gasteiger partial charge in [-0.05, 0) is 97.1 Å². The largest absolute Gasteiger partial charge is 0.477 e. The molecule has 7 rings (SSSR count). The molecular weight excluding hydrogens is 1020 g/mol. The normalized spacial score (nSPS) is 10.2. The highest BCUT2D eigenvalue weighted by atomic mass is 79.9. The molecule has 0 aliphatic heterocycles. The molecule has 334 valence electrons. The van der Waals surface area contributed by atoms with Gasteiger partial charge in [0.2, 0.25) is 0 Å². The molecule has 64 heavy (non-hydrogen) atoms. The van der Waals surface area contributed by atoms with E-state index in [2.05, 4.69) is 73.8 Å². The quantitative estimate of drug-likeness (QED) is 0.0400. The average Bonchev–Trinajstić information content (AvgIpc) is 4.13. The molecule has 0 spiro atoms. The molecule has 7 aromatic rings. The standard InChI is InChI=1S/C15H14BrNO3.C14H14BrNO2.C12H10BrNO2.C7H9NO2/c1-2-20-15(19)13-7-11(9-17-13)14(18)8-10-5-3-4-6-12(10)16;1-2-18-14(17)13-8-10(9-16-13)7-11-5-3-4-6-12(11)15;13-10-4-2-1-3-9(10)5-8-6-11(12(15)16)14-7-8;1-2-10-7(9)6-4-3-5-8-6/h3-7,9,17H,2,8H2,1H3;3-6,8-9,16H,2,7H2,1H3;1-4,6-7,14H,5H2,(H,15,16);3-5,8H,2H2,1H3. The second-order valence-corrected chi connectivity index (χ2v) is 16.0. The van der Waals surface area contributed by atoms with Crippen LogP contribution in [0.4, 0.5) is 0 Å². The minimum Gasteiger partial charge on any atom is -0.477 e. The Labute approximate surface area is 395 Å². The zero-order valence-corrected chi connectivity index (χ0v) is 40.0. The van der Waals surface area contributed by atoms with Gasteiger partial charge in [-0.25, -0.2) is 19.2 Å². The van der Waals surface area contributed by atoms with Crippen molar-refractivity contribution in [2.24, 2.45) is 0 Å². The van der Waals surface area contributed by atoms with Gasteiger partial charge < -0.3 is 39.3 Å². The lowest BCUT2D eigenvalue weighted by Gasteiger charge is -2.02. The number of Topliss-reactive ketones (excluding diaryl/α,β-unsaturated/α-hetero) is 1. The Balaban J connectivity index is 0.000000192. The number of carboxylic acids is 1. The fourth-order valence-corrected chi connectivity index (χ4v) is 7.00. The summed E-state index contributed by atoms with van der Waals surface area (Å²) in [5, 5.41) is 8.78. The number of ether oxygens (including phenoxy) is 3. The van der Waals surface area contributed by atoms with Gasteiger partial charge in [-0.3, -0.25) is 4.79 Å². The van der Waals surface area contributed by atoms with E-state index in [1.54, 1.807) is 51.4 Å². The molecular formula is C48H47Br3N4O9. The van der Waals surface area contributed by atoms with E-state index in [9.17, 15) is 24.0 Å². The van der Waals surface area contributed by atoms with Crippen LogP contribution in [-0.2, 0) is 33.5 Å². The van der Waals surface area contributed by atoms with E-state index in [0.29, 0.717) is 48.9 Å². The lowest BCUT2D eigenvalue weighted by molar-refractivity contribution is 0.0511. The van der Waals surface area contributed by atoms with Gasteiger partial charge in [0.1, 0.15) is 22.8 Å². The van der Waals surface area contributed by atoms with Crippen molar-refractivity contribution in [1.82, 2.24) is 19.9 Å². The number of ketones is 1. The van der Waals surface area contributed by atoms with E-state index in [0.717, 1.165) is 42.1 Å². The number of carbonyl (C=O) groups excluding carboxylic acids is 4. The van der Waals surface area contributed by atoms with E-state index in [-0.39, 0.29) is 29.8 Å². The number of hydrogen-bond donors (Lipinski definition) is 5. The lowest BCUT2D eigenvalue weighted by atomic mass is 10.1. The number of halogens is 3. The van der Waals surface area contributed by atoms with Crippen LogP contribution < -0.4 is 0 Å². The van der Waals surface area contributed by atoms with Crippen molar-refractivity contribution >= 4 is 77.5 Å². The minimum absolute atomic E-state index is 0.0521. The summed E-state index contributed by atoms with van der Waals surface area (Å²) in [7, 11) is 0. The predicted octanol–water partition coefficient (Wildman–Crippen LogP) is 11.2. The number of H-pyrrole nitrogens is 4. The molecule has 0 saturated heterocycles. The number of esters is 3. The maximum absolute atomic E-state index is 12.2. The van der Waals surface area contributed by atoms with Gasteiger partial charge in [-0.15, -0.1) is 0 Å². The molecule has 4 heterocycles. The van der Waals surface area contributed by atoms with E-state index < -0.39 is 11.9 Å². The van der Waals surface area contributed by atoms with Crippen molar-refractivity contribution in [3.05, 3.63) is 197 Å². The minimum atomic E-state index is -0.932. The summed E-state index contributed by atoms with van der Waals surface area (Å²) >= 11 is 10.4. The van der Waals surface area contributed by atoms with Crippen LogP contribution in [0.1, 0.15) is 101 Å². The molecule has 3 aromatic carbocycles. The SMILES string of the molecule is CCOC(=O)c1cc(C(=O)Cc2ccccc2Br)c[nH]1.CCOC(=O)c1cc(Cc2ccccc2Br)c[nH]1.CCOC(=O)c1ccc[nH]1.O=C(O)c1cc(Cc2ccccc2Br)c[nH]1. The monoisotopic (exact) mass is 1060 g/mol. The first-order valence-electron chi connectivity index (χ1n) is 20.0. The van der Waals surface area contributed by atoms with E-state index in [4.69, 9.17) is 19.3 Å². The molecule has 16 heteroatoms. The Kier molecular flexibility index (Phi) is 20.8. The van der Waals surface area contributed by atoms with Crippen molar-refractivity contribution < 1.29 is 43.3 Å². The van der Waals surface area contributed by atoms with Crippen LogP contribution in [0.3, 0.4) is 0 Å². The highest BCUT2D eigenvalue weighted by molar-refractivity contribution is 9.11. The maximum atomic E-state index is 12.2. The highest BCUT2D eigenvalue weighted by Gasteiger charge is 2.15. The number of aromatic amines is 4. The van der Waals surface area contributed by atoms with Crippen LogP contribution in [0.25, 0.3) is 0 Å². The topological polar surface area (TPSA) is 196 Å². The zero-order chi connectivity index (χ0) is 46.4. The Morgan fingerprint density at radius 2 is 0.922 bits per heavy atom. The molecule has 0 atom stereocenters. The number of carboxylic acid groups (broad SMARTS) is 1. The van der Waals surface area contributed by atoms with Gasteiger partial charge in [-0.2, -0.15) is 0 Å². The molecule has 0 saturated carbocycles. The predicted molar refractivity (Wildman–Crippen MR) is 254 cm³/mol. The Hall–Kier alpha value is -6.23. The number of hydrogen-bond acceptors (Lipinski definition) is 8. The highest BCUT2D eigenvalue weighted by Crippen LogP contribution is 2.22. The number of rotatable bonds is 14. The number of carbonyl (C=O) groups is 5. The van der Waals surface area contributed by atoms with Gasteiger partial charge in [0.05, 0.1) is 19.8 Å². The van der Waals surface area contributed by atoms with E-state index in [1.165, 1.54) is 17.8 Å². The van der Waals surface area contributed by atoms with Crippen LogP contribution in [-0.4, -0.2) is 74.5 Å². The van der Waals surface area contributed by atoms with Gasteiger partial charge in [0, 0.05) is 63.0 Å². The van der Waals surface area contributed by atoms with E-state index >= 15 is 0 Å². The number of nitrogens with one attached hydrogen (secondary N) is 4. The summed E-state index contributed by atoms with van der Waals surface area (Å²) in [4.78, 5) is 67.9. The molecule has 0 unspecified atom stereocenters. The Morgan fingerprint density at radius 3 is 1.36 bits per heavy atom. The fourth-order valence-electron chi connectivity index (χ4n) is 5.72. The van der Waals surface area contributed by atoms with Gasteiger partial charge in [0.15, 0.2) is 5.78 Å². The summed E-state index contributed by atoms with van der Waals surface area (Å²) in [6.07, 6.45) is 8.55. The van der Waals surface area contributed by atoms with Crippen molar-refractivity contribution in [1.29, 1.82) is 0 Å². The van der Waals surface area contributed by atoms with Crippen molar-refractivity contribution in [2.45, 2.75) is 40.0 Å². The van der Waals surface area contributed by atoms with Gasteiger partial charge in [0.25, 0.3) is 0 Å². The summed E-state index contributed by atoms with van der Waals surface area (Å²) < 4.78 is 17.5. The first kappa shape index (κ1) is 50.4. The third-order valence-corrected chi connectivity index (χ3v) is 11.1. The van der Waals surface area contributed by atoms with Crippen LogP contribution in [0.15, 0.2) is 141 Å². The Bertz CT molecular complexity index is 2600. The number of aromatic nitrogens is 4. The molecule has 0 fully saturated rings.